The zero-order valence-electron chi connectivity index (χ0n) is 13.9. The summed E-state index contributed by atoms with van der Waals surface area (Å²) in [4.78, 5) is 12.2. The predicted octanol–water partition coefficient (Wildman–Crippen LogP) is 5.78. The van der Waals surface area contributed by atoms with Crippen LogP contribution < -0.4 is 4.74 Å². The summed E-state index contributed by atoms with van der Waals surface area (Å²) in [7, 11) is 0. The van der Waals surface area contributed by atoms with Crippen LogP contribution in [-0.4, -0.2) is 11.1 Å². The van der Waals surface area contributed by atoms with E-state index in [0.717, 1.165) is 12.1 Å². The summed E-state index contributed by atoms with van der Waals surface area (Å²) in [6, 6.07) is 12.2. The van der Waals surface area contributed by atoms with Gasteiger partial charge in [0.1, 0.15) is 11.4 Å². The first kappa shape index (κ1) is 18.1. The van der Waals surface area contributed by atoms with Crippen LogP contribution in [0.1, 0.15) is 10.4 Å². The maximum atomic E-state index is 13.5. The Morgan fingerprint density at radius 1 is 0.964 bits per heavy atom. The Balaban J connectivity index is 1.65. The number of ether oxygens (including phenoxy) is 1. The normalized spacial score (nSPS) is 11.0. The Kier molecular flexibility index (Phi) is 4.52. The summed E-state index contributed by atoms with van der Waals surface area (Å²) in [5.74, 6) is -4.64. The van der Waals surface area contributed by atoms with Gasteiger partial charge in [0.05, 0.1) is 5.56 Å². The lowest BCUT2D eigenvalue weighted by Gasteiger charge is -2.04. The molecule has 140 valence electrons. The van der Waals surface area contributed by atoms with E-state index in [4.69, 9.17) is 20.9 Å². The summed E-state index contributed by atoms with van der Waals surface area (Å²) in [5.41, 5.74) is 0.672. The Labute approximate surface area is 161 Å². The molecule has 0 amide bonds. The van der Waals surface area contributed by atoms with Gasteiger partial charge in [-0.2, -0.15) is 0 Å². The molecule has 0 N–H and O–H groups in total. The van der Waals surface area contributed by atoms with Gasteiger partial charge in [-0.3, -0.25) is 0 Å². The number of hydrogen-bond donors (Lipinski definition) is 0. The number of nitrogens with zero attached hydrogens (tertiary/aromatic N) is 1. The molecule has 0 unspecified atom stereocenters. The summed E-state index contributed by atoms with van der Waals surface area (Å²) in [6.45, 7) is 0. The minimum Gasteiger partial charge on any atom is -0.423 e. The van der Waals surface area contributed by atoms with Crippen LogP contribution in [0.3, 0.4) is 0 Å². The molecule has 0 aliphatic heterocycles. The van der Waals surface area contributed by atoms with Gasteiger partial charge in [0.2, 0.25) is 0 Å². The highest BCUT2D eigenvalue weighted by atomic mass is 35.5. The third-order valence-corrected chi connectivity index (χ3v) is 4.24. The molecule has 1 heterocycles. The van der Waals surface area contributed by atoms with Gasteiger partial charge in [-0.1, -0.05) is 16.8 Å². The summed E-state index contributed by atoms with van der Waals surface area (Å²) in [5, 5.41) is 4.68. The van der Waals surface area contributed by atoms with Gasteiger partial charge < -0.3 is 9.26 Å². The topological polar surface area (TPSA) is 52.3 Å². The lowest BCUT2D eigenvalue weighted by atomic mass is 10.1. The Hall–Kier alpha value is -3.32. The largest absolute Gasteiger partial charge is 0.423 e. The van der Waals surface area contributed by atoms with Crippen molar-refractivity contribution in [2.45, 2.75) is 0 Å². The second-order valence-electron chi connectivity index (χ2n) is 5.84. The van der Waals surface area contributed by atoms with Crippen molar-refractivity contribution < 1.29 is 27.2 Å². The molecule has 0 aliphatic rings. The van der Waals surface area contributed by atoms with Crippen LogP contribution in [0, 0.1) is 17.5 Å². The molecule has 0 radical (unpaired) electrons. The third kappa shape index (κ3) is 3.32. The van der Waals surface area contributed by atoms with Crippen molar-refractivity contribution in [2.24, 2.45) is 0 Å². The number of carbonyl (C=O) groups is 1. The molecular weight excluding hydrogens is 395 g/mol. The van der Waals surface area contributed by atoms with Gasteiger partial charge in [0.15, 0.2) is 23.0 Å². The van der Waals surface area contributed by atoms with Crippen molar-refractivity contribution in [3.63, 3.8) is 0 Å². The van der Waals surface area contributed by atoms with Gasteiger partial charge >= 0.3 is 5.97 Å². The van der Waals surface area contributed by atoms with E-state index in [1.807, 2.05) is 0 Å². The van der Waals surface area contributed by atoms with Crippen molar-refractivity contribution in [1.29, 1.82) is 0 Å². The fourth-order valence-corrected chi connectivity index (χ4v) is 2.76. The van der Waals surface area contributed by atoms with Crippen molar-refractivity contribution in [3.05, 3.63) is 82.6 Å². The molecule has 0 atom stereocenters. The van der Waals surface area contributed by atoms with Gasteiger partial charge in [-0.15, -0.1) is 0 Å². The third-order valence-electron chi connectivity index (χ3n) is 3.99. The fraction of sp³-hybridized carbons (Fsp3) is 0. The minimum absolute atomic E-state index is 0.0149. The Morgan fingerprint density at radius 2 is 1.64 bits per heavy atom. The molecule has 0 fully saturated rings. The van der Waals surface area contributed by atoms with Crippen molar-refractivity contribution in [3.8, 4) is 17.0 Å². The highest BCUT2D eigenvalue weighted by molar-refractivity contribution is 6.30. The number of halogens is 4. The minimum atomic E-state index is -1.56. The first-order valence-corrected chi connectivity index (χ1v) is 8.32. The molecule has 4 nitrogen and oxygen atoms in total. The molecule has 0 aliphatic carbocycles. The van der Waals surface area contributed by atoms with E-state index in [1.165, 1.54) is 30.3 Å². The molecule has 0 spiro atoms. The first-order valence-electron chi connectivity index (χ1n) is 7.94. The number of fused-ring (bicyclic) bond motifs is 1. The van der Waals surface area contributed by atoms with E-state index in [1.54, 1.807) is 12.1 Å². The second-order valence-corrected chi connectivity index (χ2v) is 6.28. The van der Waals surface area contributed by atoms with Crippen LogP contribution in [-0.2, 0) is 0 Å². The lowest BCUT2D eigenvalue weighted by molar-refractivity contribution is 0.0735. The van der Waals surface area contributed by atoms with Gasteiger partial charge in [0, 0.05) is 22.0 Å². The van der Waals surface area contributed by atoms with Gasteiger partial charge in [-0.05, 0) is 48.5 Å². The zero-order chi connectivity index (χ0) is 19.8. The van der Waals surface area contributed by atoms with Crippen LogP contribution in [0.4, 0.5) is 13.2 Å². The number of hydrogen-bond acceptors (Lipinski definition) is 4. The highest BCUT2D eigenvalue weighted by Gasteiger charge is 2.17. The number of carbonyl (C=O) groups excluding carboxylic acids is 1. The standard InChI is InChI=1S/C20H9ClF3NO3/c21-12-3-1-10(2-4-12)20(26)27-13-5-6-14-17(9-13)28-25-19(14)11-7-15(22)18(24)16(23)8-11/h1-9H. The summed E-state index contributed by atoms with van der Waals surface area (Å²) < 4.78 is 50.6. The molecule has 4 rings (SSSR count). The van der Waals surface area contributed by atoms with Gasteiger partial charge in [-0.25, -0.2) is 18.0 Å². The number of esters is 1. The monoisotopic (exact) mass is 403 g/mol. The predicted molar refractivity (Wildman–Crippen MR) is 95.7 cm³/mol. The quantitative estimate of drug-likeness (QED) is 0.247. The molecule has 3 aromatic carbocycles. The molecule has 1 aromatic heterocycles. The van der Waals surface area contributed by atoms with Crippen LogP contribution >= 0.6 is 11.6 Å². The van der Waals surface area contributed by atoms with Crippen LogP contribution in [0.5, 0.6) is 5.75 Å². The molecule has 0 saturated heterocycles. The van der Waals surface area contributed by atoms with Crippen LogP contribution in [0.25, 0.3) is 22.2 Å². The van der Waals surface area contributed by atoms with E-state index < -0.39 is 23.4 Å². The van der Waals surface area contributed by atoms with E-state index >= 15 is 0 Å². The first-order chi connectivity index (χ1) is 13.4. The summed E-state index contributed by atoms with van der Waals surface area (Å²) in [6.07, 6.45) is 0. The SMILES string of the molecule is O=C(Oc1ccc2c(-c3cc(F)c(F)c(F)c3)noc2c1)c1ccc(Cl)cc1. The van der Waals surface area contributed by atoms with Crippen molar-refractivity contribution in [1.82, 2.24) is 5.16 Å². The average molecular weight is 404 g/mol. The summed E-state index contributed by atoms with van der Waals surface area (Å²) >= 11 is 5.78. The van der Waals surface area contributed by atoms with Crippen molar-refractivity contribution in [2.75, 3.05) is 0 Å². The maximum Gasteiger partial charge on any atom is 0.343 e. The van der Waals surface area contributed by atoms with E-state index in [2.05, 4.69) is 5.16 Å². The van der Waals surface area contributed by atoms with E-state index in [9.17, 15) is 18.0 Å². The number of benzene rings is 3. The second kappa shape index (κ2) is 7.01. The lowest BCUT2D eigenvalue weighted by Crippen LogP contribution is -2.08. The van der Waals surface area contributed by atoms with Crippen LogP contribution in [0.15, 0.2) is 59.1 Å². The van der Waals surface area contributed by atoms with E-state index in [0.29, 0.717) is 16.0 Å². The van der Waals surface area contributed by atoms with E-state index in [-0.39, 0.29) is 22.6 Å². The molecule has 8 heteroatoms. The Morgan fingerprint density at radius 3 is 2.32 bits per heavy atom. The van der Waals surface area contributed by atoms with Crippen LogP contribution in [0.2, 0.25) is 5.02 Å². The smallest absolute Gasteiger partial charge is 0.343 e. The molecule has 0 saturated carbocycles. The average Bonchev–Trinajstić information content (AvgIpc) is 3.09. The molecule has 28 heavy (non-hydrogen) atoms. The van der Waals surface area contributed by atoms with Crippen molar-refractivity contribution >= 4 is 28.5 Å². The highest BCUT2D eigenvalue weighted by Crippen LogP contribution is 2.32. The number of rotatable bonds is 3. The van der Waals surface area contributed by atoms with Gasteiger partial charge in [0.25, 0.3) is 0 Å². The zero-order valence-corrected chi connectivity index (χ0v) is 14.6. The fourth-order valence-electron chi connectivity index (χ4n) is 2.63. The number of aromatic nitrogens is 1. The molecule has 0 bridgehead atoms. The molecule has 4 aromatic rings. The molecular formula is C20H9ClF3NO3. The maximum absolute atomic E-state index is 13.5. The Bertz CT molecular complexity index is 1180.